The second-order valence-corrected chi connectivity index (χ2v) is 7.49. The third-order valence-corrected chi connectivity index (χ3v) is 5.16. The molecule has 1 N–H and O–H groups in total. The fourth-order valence-electron chi connectivity index (χ4n) is 3.51. The molecule has 0 radical (unpaired) electrons. The molecule has 3 rings (SSSR count). The Morgan fingerprint density at radius 2 is 2.20 bits per heavy atom. The van der Waals surface area contributed by atoms with E-state index in [0.717, 1.165) is 44.6 Å². The van der Waals surface area contributed by atoms with Crippen LogP contribution in [0.4, 0.5) is 0 Å². The molecule has 2 unspecified atom stereocenters. The Balaban J connectivity index is 1.57. The number of hydrogen-bond donors (Lipinski definition) is 1. The van der Waals surface area contributed by atoms with Gasteiger partial charge in [0, 0.05) is 36.7 Å². The fourth-order valence-corrected chi connectivity index (χ4v) is 3.64. The van der Waals surface area contributed by atoms with E-state index in [9.17, 15) is 0 Å². The van der Waals surface area contributed by atoms with Gasteiger partial charge in [-0.25, -0.2) is 4.99 Å². The molecule has 0 saturated carbocycles. The maximum Gasteiger partial charge on any atom is 0.194 e. The molecule has 2 aliphatic rings. The lowest BCUT2D eigenvalue weighted by atomic mass is 9.87. The normalized spacial score (nSPS) is 24.8. The van der Waals surface area contributed by atoms with Crippen LogP contribution in [-0.2, 0) is 4.74 Å². The Bertz CT molecular complexity index is 585. The average molecular weight is 366 g/mol. The molecule has 2 aliphatic heterocycles. The van der Waals surface area contributed by atoms with Crippen molar-refractivity contribution in [1.82, 2.24) is 10.2 Å². The Labute approximate surface area is 155 Å². The van der Waals surface area contributed by atoms with E-state index in [4.69, 9.17) is 26.1 Å². The first-order valence-electron chi connectivity index (χ1n) is 9.13. The lowest BCUT2D eigenvalue weighted by Crippen LogP contribution is -2.42. The Morgan fingerprint density at radius 3 is 2.88 bits per heavy atom. The second kappa shape index (κ2) is 8.28. The van der Waals surface area contributed by atoms with Gasteiger partial charge in [-0.3, -0.25) is 0 Å². The maximum atomic E-state index is 5.92. The summed E-state index contributed by atoms with van der Waals surface area (Å²) in [5, 5.41) is 4.13. The largest absolute Gasteiger partial charge is 0.489 e. The van der Waals surface area contributed by atoms with Crippen LogP contribution in [-0.4, -0.2) is 56.4 Å². The molecular weight excluding hydrogens is 338 g/mol. The van der Waals surface area contributed by atoms with Crippen LogP contribution >= 0.6 is 11.6 Å². The van der Waals surface area contributed by atoms with Crippen molar-refractivity contribution >= 4 is 17.6 Å². The third kappa shape index (κ3) is 4.79. The molecular formula is C19H28ClN3O2. The number of hydrogen-bond acceptors (Lipinski definition) is 3. The average Bonchev–Trinajstić information content (AvgIpc) is 3.24. The lowest BCUT2D eigenvalue weighted by Gasteiger charge is -2.25. The predicted molar refractivity (Wildman–Crippen MR) is 102 cm³/mol. The molecule has 2 atom stereocenters. The van der Waals surface area contributed by atoms with Crippen molar-refractivity contribution in [1.29, 1.82) is 0 Å². The van der Waals surface area contributed by atoms with Gasteiger partial charge in [0.1, 0.15) is 11.9 Å². The van der Waals surface area contributed by atoms with E-state index in [1.807, 2.05) is 31.2 Å². The molecule has 1 aromatic carbocycles. The second-order valence-electron chi connectivity index (χ2n) is 7.05. The molecule has 2 heterocycles. The van der Waals surface area contributed by atoms with Crippen LogP contribution in [0.15, 0.2) is 29.3 Å². The van der Waals surface area contributed by atoms with E-state index in [2.05, 4.69) is 17.1 Å². The van der Waals surface area contributed by atoms with Gasteiger partial charge in [-0.2, -0.15) is 0 Å². The first-order valence-corrected chi connectivity index (χ1v) is 9.51. The summed E-state index contributed by atoms with van der Waals surface area (Å²) in [5.41, 5.74) is 0.335. The number of nitrogens with zero attached hydrogens (tertiary/aromatic N) is 2. The number of aliphatic imine (C=N–C) groups is 1. The number of guanidine groups is 1. The Hall–Kier alpha value is -1.46. The summed E-state index contributed by atoms with van der Waals surface area (Å²) in [6.45, 7) is 9.49. The smallest absolute Gasteiger partial charge is 0.194 e. The molecule has 0 aliphatic carbocycles. The number of rotatable bonds is 5. The molecule has 25 heavy (non-hydrogen) atoms. The van der Waals surface area contributed by atoms with E-state index in [0.29, 0.717) is 17.0 Å². The minimum absolute atomic E-state index is 0.00112. The highest BCUT2D eigenvalue weighted by Crippen LogP contribution is 2.38. The van der Waals surface area contributed by atoms with Crippen molar-refractivity contribution in [2.24, 2.45) is 10.4 Å². The number of benzene rings is 1. The number of likely N-dealkylation sites (tertiary alicyclic amines) is 1. The van der Waals surface area contributed by atoms with E-state index in [1.54, 1.807) is 0 Å². The van der Waals surface area contributed by atoms with Gasteiger partial charge < -0.3 is 19.7 Å². The zero-order valence-corrected chi connectivity index (χ0v) is 15.9. The van der Waals surface area contributed by atoms with Crippen LogP contribution in [0, 0.1) is 5.41 Å². The molecule has 1 spiro atoms. The molecule has 1 aromatic rings. The van der Waals surface area contributed by atoms with Gasteiger partial charge in [0.25, 0.3) is 0 Å². The topological polar surface area (TPSA) is 46.1 Å². The van der Waals surface area contributed by atoms with Crippen LogP contribution < -0.4 is 10.1 Å². The van der Waals surface area contributed by atoms with Crippen molar-refractivity contribution in [3.63, 3.8) is 0 Å². The van der Waals surface area contributed by atoms with Crippen LogP contribution in [0.5, 0.6) is 5.75 Å². The Morgan fingerprint density at radius 1 is 1.40 bits per heavy atom. The number of halogens is 1. The van der Waals surface area contributed by atoms with Gasteiger partial charge in [-0.05, 0) is 51.0 Å². The quantitative estimate of drug-likeness (QED) is 0.643. The molecule has 0 bridgehead atoms. The predicted octanol–water partition coefficient (Wildman–Crippen LogP) is 3.19. The highest BCUT2D eigenvalue weighted by molar-refractivity contribution is 6.30. The van der Waals surface area contributed by atoms with E-state index < -0.39 is 0 Å². The summed E-state index contributed by atoms with van der Waals surface area (Å²) in [5.74, 6) is 1.80. The zero-order valence-electron chi connectivity index (χ0n) is 15.1. The summed E-state index contributed by atoms with van der Waals surface area (Å²) >= 11 is 5.91. The van der Waals surface area contributed by atoms with Gasteiger partial charge in [0.15, 0.2) is 5.96 Å². The minimum atomic E-state index is 0.00112. The number of nitrogens with one attached hydrogen (secondary N) is 1. The number of ether oxygens (including phenoxy) is 2. The van der Waals surface area contributed by atoms with Gasteiger partial charge in [0.05, 0.1) is 13.2 Å². The third-order valence-electron chi connectivity index (χ3n) is 4.91. The van der Waals surface area contributed by atoms with Crippen LogP contribution in [0.25, 0.3) is 0 Å². The molecule has 5 nitrogen and oxygen atoms in total. The van der Waals surface area contributed by atoms with E-state index >= 15 is 0 Å². The molecule has 6 heteroatoms. The summed E-state index contributed by atoms with van der Waals surface area (Å²) in [6.07, 6.45) is 2.36. The molecule has 2 saturated heterocycles. The van der Waals surface area contributed by atoms with Crippen LogP contribution in [0.3, 0.4) is 0 Å². The maximum absolute atomic E-state index is 5.92. The highest BCUT2D eigenvalue weighted by atomic mass is 35.5. The minimum Gasteiger partial charge on any atom is -0.489 e. The van der Waals surface area contributed by atoms with Gasteiger partial charge in [-0.15, -0.1) is 0 Å². The zero-order chi connectivity index (χ0) is 17.7. The van der Waals surface area contributed by atoms with Gasteiger partial charge >= 0.3 is 0 Å². The van der Waals surface area contributed by atoms with Crippen LogP contribution in [0.1, 0.15) is 26.7 Å². The van der Waals surface area contributed by atoms with Crippen molar-refractivity contribution in [2.45, 2.75) is 32.8 Å². The van der Waals surface area contributed by atoms with Gasteiger partial charge in [0.2, 0.25) is 0 Å². The molecule has 2 fully saturated rings. The van der Waals surface area contributed by atoms with E-state index in [1.165, 1.54) is 12.8 Å². The summed E-state index contributed by atoms with van der Waals surface area (Å²) in [4.78, 5) is 7.17. The first kappa shape index (κ1) is 18.3. The molecule has 0 amide bonds. The van der Waals surface area contributed by atoms with Crippen molar-refractivity contribution in [3.05, 3.63) is 29.3 Å². The summed E-state index contributed by atoms with van der Waals surface area (Å²) in [7, 11) is 0. The molecule has 138 valence electrons. The Kier molecular flexibility index (Phi) is 6.07. The SMILES string of the molecule is CCNC(=NCC(C)Oc1ccc(Cl)cc1)N1CCC2(CCOC2)C1. The van der Waals surface area contributed by atoms with Crippen molar-refractivity contribution in [2.75, 3.05) is 39.4 Å². The highest BCUT2D eigenvalue weighted by Gasteiger charge is 2.42. The van der Waals surface area contributed by atoms with E-state index in [-0.39, 0.29) is 6.10 Å². The van der Waals surface area contributed by atoms with Crippen molar-refractivity contribution in [3.8, 4) is 5.75 Å². The standard InChI is InChI=1S/C19H28ClN3O2/c1-3-21-18(23-10-8-19(13-23)9-11-24-14-19)22-12-15(2)25-17-6-4-16(20)5-7-17/h4-7,15H,3,8-14H2,1-2H3,(H,21,22). The first-order chi connectivity index (χ1) is 12.1. The van der Waals surface area contributed by atoms with Gasteiger partial charge in [-0.1, -0.05) is 11.6 Å². The fraction of sp³-hybridized carbons (Fsp3) is 0.632. The summed E-state index contributed by atoms with van der Waals surface area (Å²) < 4.78 is 11.5. The van der Waals surface area contributed by atoms with Crippen LogP contribution in [0.2, 0.25) is 5.02 Å². The monoisotopic (exact) mass is 365 g/mol. The summed E-state index contributed by atoms with van der Waals surface area (Å²) in [6, 6.07) is 7.45. The molecule has 0 aromatic heterocycles. The lowest BCUT2D eigenvalue weighted by molar-refractivity contribution is 0.156. The van der Waals surface area contributed by atoms with Crippen molar-refractivity contribution < 1.29 is 9.47 Å².